The molecule has 4 aromatic carbocycles. The van der Waals surface area contributed by atoms with Crippen molar-refractivity contribution in [3.05, 3.63) is 130 Å². The van der Waals surface area contributed by atoms with Gasteiger partial charge in [0.2, 0.25) is 5.91 Å². The fraction of sp³-hybridized carbons (Fsp3) is 0.357. The standard InChI is InChI=1S/C56H55ClF3N11O6/c1-4-47(73)70-24-23-69(29-37(70)17-20-61)53-40-19-22-67(44-10-6-8-34-7-5-9-41(57)49(34)44)30-43(40)64-54(65-53)77-31-33-18-21-68(28-33)48(74)32-76-38-14-11-35(12-15-38)63-42-25-36(13-16-39(42)52(62)75)71-45-26-55(2,3)27-46(72)50(45)51(66-71)56(58,59)60/h4-16,25,33,37,63H,1,17-19,21-24,26-32H2,2-3H3,(H2,62,75). The molecule has 2 aromatic heterocycles. The summed E-state index contributed by atoms with van der Waals surface area (Å²) >= 11 is 6.77. The number of nitrogens with one attached hydrogen (secondary N) is 1. The number of aromatic nitrogens is 4. The van der Waals surface area contributed by atoms with E-state index in [4.69, 9.17) is 36.8 Å². The Morgan fingerprint density at radius 3 is 2.49 bits per heavy atom. The number of piperazine rings is 1. The normalized spacial score (nSPS) is 18.1. The molecular weight excluding hydrogens is 1020 g/mol. The number of fused-ring (bicyclic) bond motifs is 3. The third-order valence-electron chi connectivity index (χ3n) is 14.7. The van der Waals surface area contributed by atoms with Crippen LogP contribution in [-0.2, 0) is 35.2 Å². The Morgan fingerprint density at radius 2 is 1.75 bits per heavy atom. The maximum absolute atomic E-state index is 14.2. The predicted molar refractivity (Wildman–Crippen MR) is 283 cm³/mol. The average Bonchev–Trinajstić information content (AvgIpc) is 4.10. The summed E-state index contributed by atoms with van der Waals surface area (Å²) in [5.41, 5.74) is 7.25. The molecule has 0 radical (unpaired) electrons. The molecule has 2 atom stereocenters. The van der Waals surface area contributed by atoms with Gasteiger partial charge in [-0.1, -0.05) is 56.3 Å². The first-order valence-electron chi connectivity index (χ1n) is 25.3. The summed E-state index contributed by atoms with van der Waals surface area (Å²) < 4.78 is 56.0. The van der Waals surface area contributed by atoms with Crippen LogP contribution in [-0.4, -0.2) is 112 Å². The number of nitriles is 1. The number of carbonyl (C=O) groups is 4. The number of hydrogen-bond donors (Lipinski definition) is 2. The highest BCUT2D eigenvalue weighted by Crippen LogP contribution is 2.43. The van der Waals surface area contributed by atoms with Gasteiger partial charge in [-0.05, 0) is 90.7 Å². The van der Waals surface area contributed by atoms with Gasteiger partial charge in [0.15, 0.2) is 18.1 Å². The molecule has 5 heterocycles. The van der Waals surface area contributed by atoms with Crippen molar-refractivity contribution in [2.45, 2.75) is 64.7 Å². The van der Waals surface area contributed by atoms with E-state index in [1.54, 1.807) is 34.1 Å². The smallest absolute Gasteiger partial charge is 0.435 e. The Labute approximate surface area is 447 Å². The van der Waals surface area contributed by atoms with E-state index >= 15 is 0 Å². The fourth-order valence-electron chi connectivity index (χ4n) is 11.0. The van der Waals surface area contributed by atoms with Crippen LogP contribution in [0.5, 0.6) is 11.8 Å². The van der Waals surface area contributed by atoms with E-state index in [-0.39, 0.29) is 84.9 Å². The first-order valence-corrected chi connectivity index (χ1v) is 25.7. The van der Waals surface area contributed by atoms with E-state index in [1.807, 2.05) is 44.2 Å². The van der Waals surface area contributed by atoms with Gasteiger partial charge in [-0.3, -0.25) is 19.2 Å². The summed E-state index contributed by atoms with van der Waals surface area (Å²) in [5, 5.41) is 19.4. The van der Waals surface area contributed by atoms with Crippen molar-refractivity contribution in [3.8, 4) is 23.5 Å². The number of hydrogen-bond acceptors (Lipinski definition) is 13. The van der Waals surface area contributed by atoms with Gasteiger partial charge in [-0.2, -0.15) is 33.5 Å². The van der Waals surface area contributed by atoms with E-state index in [9.17, 15) is 37.6 Å². The number of likely N-dealkylation sites (tertiary alicyclic amines) is 1. The Bertz CT molecular complexity index is 3370. The molecule has 21 heteroatoms. The molecule has 17 nitrogen and oxygen atoms in total. The lowest BCUT2D eigenvalue weighted by molar-refractivity contribution is -0.141. The summed E-state index contributed by atoms with van der Waals surface area (Å²) in [6, 6.07) is 24.9. The highest BCUT2D eigenvalue weighted by molar-refractivity contribution is 6.36. The van der Waals surface area contributed by atoms with Gasteiger partial charge in [0.25, 0.3) is 11.8 Å². The van der Waals surface area contributed by atoms with Gasteiger partial charge in [0.1, 0.15) is 11.6 Å². The van der Waals surface area contributed by atoms with E-state index in [0.29, 0.717) is 80.9 Å². The molecule has 0 spiro atoms. The molecule has 398 valence electrons. The molecule has 3 N–H and O–H groups in total. The lowest BCUT2D eigenvalue weighted by Gasteiger charge is -2.42. The largest absolute Gasteiger partial charge is 0.484 e. The number of alkyl halides is 3. The first-order chi connectivity index (χ1) is 36.9. The summed E-state index contributed by atoms with van der Waals surface area (Å²) in [5.74, 6) is -0.793. The van der Waals surface area contributed by atoms with Crippen LogP contribution in [0.25, 0.3) is 16.5 Å². The monoisotopic (exact) mass is 1070 g/mol. The highest BCUT2D eigenvalue weighted by Gasteiger charge is 2.46. The molecule has 1 aliphatic carbocycles. The minimum Gasteiger partial charge on any atom is -0.484 e. The number of ether oxygens (including phenoxy) is 2. The van der Waals surface area contributed by atoms with Crippen LogP contribution in [0.2, 0.25) is 5.02 Å². The number of ketones is 1. The fourth-order valence-corrected chi connectivity index (χ4v) is 11.2. The molecular formula is C56H55ClF3N11O6. The van der Waals surface area contributed by atoms with Crippen LogP contribution in [0.3, 0.4) is 0 Å². The number of anilines is 4. The van der Waals surface area contributed by atoms with Crippen LogP contribution < -0.4 is 30.3 Å². The number of rotatable bonds is 14. The molecule has 77 heavy (non-hydrogen) atoms. The second-order valence-electron chi connectivity index (χ2n) is 20.6. The number of nitrogens with zero attached hydrogens (tertiary/aromatic N) is 9. The molecule has 6 aromatic rings. The maximum atomic E-state index is 14.2. The van der Waals surface area contributed by atoms with E-state index in [1.165, 1.54) is 24.3 Å². The van der Waals surface area contributed by atoms with Crippen LogP contribution in [0.1, 0.15) is 76.5 Å². The van der Waals surface area contributed by atoms with Crippen LogP contribution in [0.15, 0.2) is 91.5 Å². The average molecular weight is 1070 g/mol. The highest BCUT2D eigenvalue weighted by atomic mass is 35.5. The van der Waals surface area contributed by atoms with Gasteiger partial charge in [0, 0.05) is 73.9 Å². The van der Waals surface area contributed by atoms with E-state index in [2.05, 4.69) is 38.9 Å². The molecule has 2 unspecified atom stereocenters. The zero-order chi connectivity index (χ0) is 54.3. The number of carbonyl (C=O) groups excluding carboxylic acids is 4. The summed E-state index contributed by atoms with van der Waals surface area (Å²) in [4.78, 5) is 69.6. The molecule has 0 saturated carbocycles. The van der Waals surface area contributed by atoms with Crippen LogP contribution in [0.4, 0.5) is 36.1 Å². The molecule has 10 rings (SSSR count). The zero-order valence-electron chi connectivity index (χ0n) is 42.4. The Balaban J connectivity index is 0.795. The lowest BCUT2D eigenvalue weighted by atomic mass is 9.75. The third kappa shape index (κ3) is 10.8. The van der Waals surface area contributed by atoms with Crippen molar-refractivity contribution in [3.63, 3.8) is 0 Å². The maximum Gasteiger partial charge on any atom is 0.435 e. The second kappa shape index (κ2) is 21.1. The van der Waals surface area contributed by atoms with Crippen LogP contribution >= 0.6 is 11.6 Å². The first kappa shape index (κ1) is 52.3. The molecule has 0 bridgehead atoms. The van der Waals surface area contributed by atoms with Crippen molar-refractivity contribution in [2.24, 2.45) is 17.1 Å². The number of Topliss-reactive ketones (excluding diaryl/α,β-unsaturated/α-hetero) is 1. The zero-order valence-corrected chi connectivity index (χ0v) is 43.2. The van der Waals surface area contributed by atoms with Gasteiger partial charge in [-0.15, -0.1) is 0 Å². The molecule has 2 fully saturated rings. The Hall–Kier alpha value is -8.18. The number of nitrogens with two attached hydrogens (primary N) is 1. The number of benzene rings is 4. The summed E-state index contributed by atoms with van der Waals surface area (Å²) in [6.07, 6.45) is -2.03. The van der Waals surface area contributed by atoms with Gasteiger partial charge >= 0.3 is 12.2 Å². The van der Waals surface area contributed by atoms with Crippen molar-refractivity contribution in [1.29, 1.82) is 5.26 Å². The van der Waals surface area contributed by atoms with Gasteiger partial charge in [0.05, 0.1) is 70.6 Å². The van der Waals surface area contributed by atoms with E-state index < -0.39 is 34.5 Å². The SMILES string of the molecule is C=CC(=O)N1CCN(c2nc(OCC3CCN(C(=O)COc4ccc(Nc5cc(-n6nc(C(F)(F)F)c7c6CC(C)(C)CC7=O)ccc5C(N)=O)cc4)C3)nc3c2CCN(c2cccc4cccc(Cl)c24)C3)CC1CC#N. The van der Waals surface area contributed by atoms with Crippen molar-refractivity contribution in [1.82, 2.24) is 29.5 Å². The molecule has 2 saturated heterocycles. The number of primary amides is 1. The van der Waals surface area contributed by atoms with Gasteiger partial charge in [-0.25, -0.2) is 4.68 Å². The predicted octanol–water partition coefficient (Wildman–Crippen LogP) is 8.47. The molecule has 3 aliphatic heterocycles. The van der Waals surface area contributed by atoms with Crippen molar-refractivity contribution in [2.75, 3.05) is 67.6 Å². The summed E-state index contributed by atoms with van der Waals surface area (Å²) in [7, 11) is 0. The quantitative estimate of drug-likeness (QED) is 0.0984. The Kier molecular flexibility index (Phi) is 14.3. The minimum absolute atomic E-state index is 0.0290. The molecule has 4 aliphatic rings. The minimum atomic E-state index is -4.87. The van der Waals surface area contributed by atoms with Gasteiger partial charge < -0.3 is 40.1 Å². The Morgan fingerprint density at radius 1 is 0.974 bits per heavy atom. The van der Waals surface area contributed by atoms with Crippen molar-refractivity contribution >= 4 is 68.8 Å². The number of amides is 3. The van der Waals surface area contributed by atoms with E-state index in [0.717, 1.165) is 32.4 Å². The molecule has 3 amide bonds. The van der Waals surface area contributed by atoms with Crippen LogP contribution in [0, 0.1) is 22.7 Å². The lowest BCUT2D eigenvalue weighted by Crippen LogP contribution is -2.55. The summed E-state index contributed by atoms with van der Waals surface area (Å²) in [6.45, 7) is 10.6. The third-order valence-corrected chi connectivity index (χ3v) is 15.0. The van der Waals surface area contributed by atoms with Crippen molar-refractivity contribution < 1.29 is 41.8 Å². The second-order valence-corrected chi connectivity index (χ2v) is 21.0. The number of halogens is 4. The topological polar surface area (TPSA) is 205 Å².